The van der Waals surface area contributed by atoms with Gasteiger partial charge in [-0.25, -0.2) is 0 Å². The quantitative estimate of drug-likeness (QED) is 0.845. The molecule has 1 heterocycles. The van der Waals surface area contributed by atoms with Crippen LogP contribution in [0, 0.1) is 0 Å². The van der Waals surface area contributed by atoms with Crippen LogP contribution in [-0.4, -0.2) is 29.7 Å². The van der Waals surface area contributed by atoms with E-state index in [4.69, 9.17) is 18.0 Å². The highest BCUT2D eigenvalue weighted by atomic mass is 32.1. The third-order valence-corrected chi connectivity index (χ3v) is 2.38. The van der Waals surface area contributed by atoms with Gasteiger partial charge in [-0.3, -0.25) is 4.98 Å². The van der Waals surface area contributed by atoms with Gasteiger partial charge in [0.2, 0.25) is 0 Å². The average molecular weight is 263 g/mol. The van der Waals surface area contributed by atoms with Crippen LogP contribution in [0.5, 0.6) is 0 Å². The second-order valence-electron chi connectivity index (χ2n) is 3.55. The van der Waals surface area contributed by atoms with Gasteiger partial charge in [-0.15, -0.1) is 0 Å². The Balaban J connectivity index is 2.63. The van der Waals surface area contributed by atoms with Crippen molar-refractivity contribution in [2.24, 2.45) is 5.73 Å². The standard InChI is InChI=1S/C10H12F3N3S/c1-16(5-4-10(11,12)13)7-2-3-8(9(14)17)15-6-7/h2-3,6H,4-5H2,1H3,(H2,14,17). The summed E-state index contributed by atoms with van der Waals surface area (Å²) in [4.78, 5) is 5.59. The Bertz CT molecular complexity index is 389. The number of alkyl halides is 3. The summed E-state index contributed by atoms with van der Waals surface area (Å²) in [6, 6.07) is 3.22. The zero-order chi connectivity index (χ0) is 13.1. The molecule has 0 aliphatic rings. The molecule has 0 aliphatic carbocycles. The van der Waals surface area contributed by atoms with Gasteiger partial charge in [0.1, 0.15) is 4.99 Å². The maximum atomic E-state index is 12.0. The maximum absolute atomic E-state index is 12.0. The molecule has 1 aromatic rings. The zero-order valence-electron chi connectivity index (χ0n) is 9.16. The van der Waals surface area contributed by atoms with Gasteiger partial charge in [0.05, 0.1) is 24.0 Å². The van der Waals surface area contributed by atoms with Crippen molar-refractivity contribution in [3.8, 4) is 0 Å². The minimum atomic E-state index is -4.15. The van der Waals surface area contributed by atoms with E-state index in [-0.39, 0.29) is 11.5 Å². The minimum Gasteiger partial charge on any atom is -0.388 e. The summed E-state index contributed by atoms with van der Waals surface area (Å²) in [6.07, 6.45) is -3.56. The lowest BCUT2D eigenvalue weighted by Crippen LogP contribution is -2.24. The van der Waals surface area contributed by atoms with Crippen molar-refractivity contribution in [1.82, 2.24) is 4.98 Å². The lowest BCUT2D eigenvalue weighted by atomic mass is 10.3. The molecule has 0 aliphatic heterocycles. The van der Waals surface area contributed by atoms with Crippen molar-refractivity contribution in [3.63, 3.8) is 0 Å². The van der Waals surface area contributed by atoms with Gasteiger partial charge in [-0.05, 0) is 12.1 Å². The molecule has 0 aromatic carbocycles. The van der Waals surface area contributed by atoms with Gasteiger partial charge in [-0.1, -0.05) is 12.2 Å². The number of halogens is 3. The van der Waals surface area contributed by atoms with E-state index >= 15 is 0 Å². The molecule has 0 spiro atoms. The lowest BCUT2D eigenvalue weighted by molar-refractivity contribution is -0.132. The van der Waals surface area contributed by atoms with Crippen molar-refractivity contribution in [1.29, 1.82) is 0 Å². The lowest BCUT2D eigenvalue weighted by Gasteiger charge is -2.19. The number of thiocarbonyl (C=S) groups is 1. The van der Waals surface area contributed by atoms with Crippen molar-refractivity contribution < 1.29 is 13.2 Å². The van der Waals surface area contributed by atoms with Crippen LogP contribution >= 0.6 is 12.2 Å². The summed E-state index contributed by atoms with van der Waals surface area (Å²) in [7, 11) is 1.57. The number of rotatable bonds is 4. The number of anilines is 1. The van der Waals surface area contributed by atoms with Crippen LogP contribution in [0.3, 0.4) is 0 Å². The van der Waals surface area contributed by atoms with E-state index in [1.807, 2.05) is 0 Å². The summed E-state index contributed by atoms with van der Waals surface area (Å²) in [5.74, 6) is 0. The van der Waals surface area contributed by atoms with E-state index in [1.165, 1.54) is 11.1 Å². The van der Waals surface area contributed by atoms with Crippen LogP contribution < -0.4 is 10.6 Å². The molecular weight excluding hydrogens is 251 g/mol. The molecule has 0 fully saturated rings. The molecule has 17 heavy (non-hydrogen) atoms. The Morgan fingerprint density at radius 1 is 1.47 bits per heavy atom. The number of hydrogen-bond donors (Lipinski definition) is 1. The molecule has 1 rings (SSSR count). The summed E-state index contributed by atoms with van der Waals surface area (Å²) < 4.78 is 36.1. The second kappa shape index (κ2) is 5.31. The summed E-state index contributed by atoms with van der Waals surface area (Å²) >= 11 is 4.72. The topological polar surface area (TPSA) is 42.1 Å². The molecule has 3 nitrogen and oxygen atoms in total. The van der Waals surface area contributed by atoms with E-state index < -0.39 is 12.6 Å². The van der Waals surface area contributed by atoms with E-state index in [0.29, 0.717) is 11.4 Å². The molecule has 2 N–H and O–H groups in total. The van der Waals surface area contributed by atoms with Gasteiger partial charge >= 0.3 is 6.18 Å². The second-order valence-corrected chi connectivity index (χ2v) is 3.99. The Hall–Kier alpha value is -1.37. The molecule has 0 atom stereocenters. The van der Waals surface area contributed by atoms with Gasteiger partial charge in [-0.2, -0.15) is 13.2 Å². The number of pyridine rings is 1. The maximum Gasteiger partial charge on any atom is 0.390 e. The van der Waals surface area contributed by atoms with Gasteiger partial charge < -0.3 is 10.6 Å². The fourth-order valence-corrected chi connectivity index (χ4v) is 1.30. The molecule has 0 saturated heterocycles. The monoisotopic (exact) mass is 263 g/mol. The van der Waals surface area contributed by atoms with Crippen LogP contribution in [-0.2, 0) is 0 Å². The van der Waals surface area contributed by atoms with E-state index in [2.05, 4.69) is 4.98 Å². The van der Waals surface area contributed by atoms with E-state index in [0.717, 1.165) is 0 Å². The number of hydrogen-bond acceptors (Lipinski definition) is 3. The summed E-state index contributed by atoms with van der Waals surface area (Å²) in [6.45, 7) is -0.113. The molecule has 0 amide bonds. The molecule has 0 radical (unpaired) electrons. The number of nitrogens with two attached hydrogens (primary N) is 1. The molecule has 7 heteroatoms. The largest absolute Gasteiger partial charge is 0.390 e. The van der Waals surface area contributed by atoms with Crippen LogP contribution in [0.1, 0.15) is 12.1 Å². The molecule has 0 saturated carbocycles. The first kappa shape index (κ1) is 13.7. The first-order valence-electron chi connectivity index (χ1n) is 4.83. The third-order valence-electron chi connectivity index (χ3n) is 2.17. The SMILES string of the molecule is CN(CCC(F)(F)F)c1ccc(C(N)=S)nc1. The Morgan fingerprint density at radius 2 is 2.12 bits per heavy atom. The third kappa shape index (κ3) is 4.56. The van der Waals surface area contributed by atoms with Crippen LogP contribution in [0.15, 0.2) is 18.3 Å². The highest BCUT2D eigenvalue weighted by Gasteiger charge is 2.27. The van der Waals surface area contributed by atoms with E-state index in [9.17, 15) is 13.2 Å². The summed E-state index contributed by atoms with van der Waals surface area (Å²) in [5.41, 5.74) is 6.41. The minimum absolute atomic E-state index is 0.113. The smallest absolute Gasteiger partial charge is 0.388 e. The fraction of sp³-hybridized carbons (Fsp3) is 0.400. The zero-order valence-corrected chi connectivity index (χ0v) is 9.98. The predicted octanol–water partition coefficient (Wildman–Crippen LogP) is 2.10. The Labute approximate surface area is 102 Å². The fourth-order valence-electron chi connectivity index (χ4n) is 1.18. The van der Waals surface area contributed by atoms with Crippen LogP contribution in [0.2, 0.25) is 0 Å². The molecular formula is C10H12F3N3S. The molecule has 0 unspecified atom stereocenters. The highest BCUT2D eigenvalue weighted by molar-refractivity contribution is 7.80. The van der Waals surface area contributed by atoms with Crippen molar-refractivity contribution in [2.75, 3.05) is 18.5 Å². The predicted molar refractivity (Wildman–Crippen MR) is 64.1 cm³/mol. The van der Waals surface area contributed by atoms with E-state index in [1.54, 1.807) is 19.2 Å². The van der Waals surface area contributed by atoms with Crippen molar-refractivity contribution in [3.05, 3.63) is 24.0 Å². The van der Waals surface area contributed by atoms with Crippen LogP contribution in [0.25, 0.3) is 0 Å². The van der Waals surface area contributed by atoms with Gasteiger partial charge in [0.15, 0.2) is 0 Å². The van der Waals surface area contributed by atoms with Gasteiger partial charge in [0.25, 0.3) is 0 Å². The van der Waals surface area contributed by atoms with Gasteiger partial charge in [0, 0.05) is 13.6 Å². The molecule has 94 valence electrons. The number of aromatic nitrogens is 1. The first-order valence-corrected chi connectivity index (χ1v) is 5.24. The van der Waals surface area contributed by atoms with Crippen molar-refractivity contribution in [2.45, 2.75) is 12.6 Å². The normalized spacial score (nSPS) is 11.3. The first-order chi connectivity index (χ1) is 7.79. The Kier molecular flexibility index (Phi) is 4.28. The average Bonchev–Trinajstić information content (AvgIpc) is 2.25. The molecule has 1 aromatic heterocycles. The van der Waals surface area contributed by atoms with Crippen molar-refractivity contribution >= 4 is 22.9 Å². The number of nitrogens with zero attached hydrogens (tertiary/aromatic N) is 2. The molecule has 0 bridgehead atoms. The summed E-state index contributed by atoms with van der Waals surface area (Å²) in [5, 5.41) is 0. The van der Waals surface area contributed by atoms with Crippen LogP contribution in [0.4, 0.5) is 18.9 Å². The Morgan fingerprint density at radius 3 is 2.53 bits per heavy atom. The highest BCUT2D eigenvalue weighted by Crippen LogP contribution is 2.21.